The number of ether oxygens (including phenoxy) is 1. The van der Waals surface area contributed by atoms with Crippen LogP contribution in [0.15, 0.2) is 71.3 Å². The van der Waals surface area contributed by atoms with Crippen LogP contribution in [-0.2, 0) is 17.8 Å². The number of amides is 1. The topological polar surface area (TPSA) is 77.3 Å². The predicted molar refractivity (Wildman–Crippen MR) is 110 cm³/mol. The summed E-state index contributed by atoms with van der Waals surface area (Å²) in [5, 5.41) is 9.18. The molecule has 6 nitrogen and oxygen atoms in total. The maximum absolute atomic E-state index is 12.3. The predicted octanol–water partition coefficient (Wildman–Crippen LogP) is 4.15. The molecule has 0 aliphatic rings. The van der Waals surface area contributed by atoms with E-state index in [1.54, 1.807) is 7.11 Å². The summed E-state index contributed by atoms with van der Waals surface area (Å²) in [6.07, 6.45) is 1.07. The molecule has 0 saturated heterocycles. The highest BCUT2D eigenvalue weighted by atomic mass is 16.5. The average Bonchev–Trinajstić information content (AvgIpc) is 3.25. The lowest BCUT2D eigenvalue weighted by Gasteiger charge is -2.06. The van der Waals surface area contributed by atoms with Gasteiger partial charge in [0, 0.05) is 12.0 Å². The van der Waals surface area contributed by atoms with Crippen LogP contribution in [0.3, 0.4) is 0 Å². The SMILES string of the molecule is COc1ccc(-c2noc(CNC(=O)CCc3cccc4ccccc34)n2)cc1. The molecule has 0 fully saturated rings. The molecule has 6 heteroatoms. The van der Waals surface area contributed by atoms with Crippen molar-refractivity contribution in [3.8, 4) is 17.1 Å². The van der Waals surface area contributed by atoms with Gasteiger partial charge in [0.2, 0.25) is 17.6 Å². The van der Waals surface area contributed by atoms with Crippen LogP contribution < -0.4 is 10.1 Å². The number of rotatable bonds is 7. The van der Waals surface area contributed by atoms with E-state index >= 15 is 0 Å². The van der Waals surface area contributed by atoms with E-state index in [2.05, 4.69) is 39.7 Å². The highest BCUT2D eigenvalue weighted by Crippen LogP contribution is 2.21. The van der Waals surface area contributed by atoms with Crippen LogP contribution in [0.1, 0.15) is 17.9 Å². The minimum atomic E-state index is -0.0536. The van der Waals surface area contributed by atoms with Gasteiger partial charge in [-0.3, -0.25) is 4.79 Å². The van der Waals surface area contributed by atoms with Crippen LogP contribution >= 0.6 is 0 Å². The molecular weight excluding hydrogens is 366 g/mol. The van der Waals surface area contributed by atoms with E-state index in [4.69, 9.17) is 9.26 Å². The van der Waals surface area contributed by atoms with Crippen molar-refractivity contribution in [2.75, 3.05) is 7.11 Å². The Kier molecular flexibility index (Phi) is 5.52. The minimum absolute atomic E-state index is 0.0536. The molecule has 4 aromatic rings. The smallest absolute Gasteiger partial charge is 0.246 e. The maximum Gasteiger partial charge on any atom is 0.246 e. The van der Waals surface area contributed by atoms with Gasteiger partial charge in [-0.05, 0) is 47.0 Å². The minimum Gasteiger partial charge on any atom is -0.497 e. The Labute approximate surface area is 168 Å². The van der Waals surface area contributed by atoms with Gasteiger partial charge in [0.15, 0.2) is 0 Å². The number of hydrogen-bond acceptors (Lipinski definition) is 5. The van der Waals surface area contributed by atoms with Gasteiger partial charge < -0.3 is 14.6 Å². The van der Waals surface area contributed by atoms with Gasteiger partial charge in [0.1, 0.15) is 5.75 Å². The van der Waals surface area contributed by atoms with Gasteiger partial charge in [-0.2, -0.15) is 4.98 Å². The summed E-state index contributed by atoms with van der Waals surface area (Å²) < 4.78 is 10.4. The van der Waals surface area contributed by atoms with Gasteiger partial charge in [-0.15, -0.1) is 0 Å². The molecule has 0 atom stereocenters. The molecule has 3 aromatic carbocycles. The van der Waals surface area contributed by atoms with Crippen LogP contribution in [0.5, 0.6) is 5.75 Å². The third-order valence-corrected chi connectivity index (χ3v) is 4.75. The van der Waals surface area contributed by atoms with Crippen LogP contribution in [-0.4, -0.2) is 23.2 Å². The van der Waals surface area contributed by atoms with Crippen LogP contribution in [0.4, 0.5) is 0 Å². The number of fused-ring (bicyclic) bond motifs is 1. The first-order chi connectivity index (χ1) is 14.2. The number of nitrogens with zero attached hydrogens (tertiary/aromatic N) is 2. The third-order valence-electron chi connectivity index (χ3n) is 4.75. The van der Waals surface area contributed by atoms with Crippen LogP contribution in [0.2, 0.25) is 0 Å². The molecule has 1 aromatic heterocycles. The standard InChI is InChI=1S/C23H21N3O3/c1-28-19-12-9-18(10-13-19)23-25-22(29-26-23)15-24-21(27)14-11-17-7-4-6-16-5-2-3-8-20(16)17/h2-10,12-13H,11,14-15H2,1H3,(H,24,27). The summed E-state index contributed by atoms with van der Waals surface area (Å²) in [5.74, 6) is 1.56. The fraction of sp³-hybridized carbons (Fsp3) is 0.174. The normalized spacial score (nSPS) is 10.8. The second-order valence-corrected chi connectivity index (χ2v) is 6.66. The number of carbonyl (C=O) groups is 1. The molecule has 4 rings (SSSR count). The number of hydrogen-bond donors (Lipinski definition) is 1. The second-order valence-electron chi connectivity index (χ2n) is 6.66. The monoisotopic (exact) mass is 387 g/mol. The van der Waals surface area contributed by atoms with Crippen molar-refractivity contribution >= 4 is 16.7 Å². The first kappa shape index (κ1) is 18.7. The quantitative estimate of drug-likeness (QED) is 0.515. The lowest BCUT2D eigenvalue weighted by atomic mass is 10.0. The second kappa shape index (κ2) is 8.56. The van der Waals surface area contributed by atoms with Gasteiger partial charge in [-0.25, -0.2) is 0 Å². The van der Waals surface area contributed by atoms with Crippen molar-refractivity contribution < 1.29 is 14.1 Å². The van der Waals surface area contributed by atoms with Crippen molar-refractivity contribution in [2.24, 2.45) is 0 Å². The molecule has 1 heterocycles. The van der Waals surface area contributed by atoms with Crippen molar-refractivity contribution in [1.29, 1.82) is 0 Å². The van der Waals surface area contributed by atoms with Crippen molar-refractivity contribution in [2.45, 2.75) is 19.4 Å². The summed E-state index contributed by atoms with van der Waals surface area (Å²) in [5.41, 5.74) is 1.99. The molecule has 1 N–H and O–H groups in total. The Morgan fingerprint density at radius 2 is 1.83 bits per heavy atom. The Morgan fingerprint density at radius 1 is 1.03 bits per heavy atom. The van der Waals surface area contributed by atoms with E-state index in [-0.39, 0.29) is 12.5 Å². The Morgan fingerprint density at radius 3 is 2.66 bits per heavy atom. The molecule has 0 bridgehead atoms. The van der Waals surface area contributed by atoms with Crippen LogP contribution in [0, 0.1) is 0 Å². The summed E-state index contributed by atoms with van der Waals surface area (Å²) in [4.78, 5) is 16.6. The number of carbonyl (C=O) groups excluding carboxylic acids is 1. The first-order valence-corrected chi connectivity index (χ1v) is 9.43. The summed E-state index contributed by atoms with van der Waals surface area (Å²) in [6.45, 7) is 0.206. The highest BCUT2D eigenvalue weighted by molar-refractivity contribution is 5.86. The molecule has 0 aliphatic carbocycles. The fourth-order valence-electron chi connectivity index (χ4n) is 3.21. The third kappa shape index (κ3) is 4.43. The van der Waals surface area contributed by atoms with E-state index in [1.807, 2.05) is 42.5 Å². The van der Waals surface area contributed by atoms with Crippen molar-refractivity contribution in [1.82, 2.24) is 15.5 Å². The number of benzene rings is 3. The maximum atomic E-state index is 12.3. The van der Waals surface area contributed by atoms with E-state index < -0.39 is 0 Å². The van der Waals surface area contributed by atoms with Gasteiger partial charge in [-0.1, -0.05) is 47.6 Å². The summed E-state index contributed by atoms with van der Waals surface area (Å²) in [6, 6.07) is 21.7. The van der Waals surface area contributed by atoms with Gasteiger partial charge >= 0.3 is 0 Å². The molecule has 0 radical (unpaired) electrons. The Hall–Kier alpha value is -3.67. The van der Waals surface area contributed by atoms with Gasteiger partial charge in [0.25, 0.3) is 0 Å². The van der Waals surface area contributed by atoms with E-state index in [0.29, 0.717) is 24.6 Å². The number of aromatic nitrogens is 2. The zero-order chi connectivity index (χ0) is 20.1. The highest BCUT2D eigenvalue weighted by Gasteiger charge is 2.11. The lowest BCUT2D eigenvalue weighted by Crippen LogP contribution is -2.23. The molecule has 146 valence electrons. The lowest BCUT2D eigenvalue weighted by molar-refractivity contribution is -0.121. The summed E-state index contributed by atoms with van der Waals surface area (Å²) >= 11 is 0. The molecule has 1 amide bonds. The zero-order valence-corrected chi connectivity index (χ0v) is 16.1. The molecule has 0 aliphatic heterocycles. The largest absolute Gasteiger partial charge is 0.497 e. The molecule has 0 unspecified atom stereocenters. The van der Waals surface area contributed by atoms with Crippen LogP contribution in [0.25, 0.3) is 22.2 Å². The summed E-state index contributed by atoms with van der Waals surface area (Å²) in [7, 11) is 1.62. The zero-order valence-electron chi connectivity index (χ0n) is 16.1. The molecule has 29 heavy (non-hydrogen) atoms. The average molecular weight is 387 g/mol. The van der Waals surface area contributed by atoms with E-state index in [9.17, 15) is 4.79 Å². The van der Waals surface area contributed by atoms with Crippen molar-refractivity contribution in [3.05, 3.63) is 78.2 Å². The van der Waals surface area contributed by atoms with Gasteiger partial charge in [0.05, 0.1) is 13.7 Å². The van der Waals surface area contributed by atoms with E-state index in [0.717, 1.165) is 16.9 Å². The molecular formula is C23H21N3O3. The van der Waals surface area contributed by atoms with E-state index in [1.165, 1.54) is 10.8 Å². The number of nitrogens with one attached hydrogen (secondary N) is 1. The number of methoxy groups -OCH3 is 1. The fourth-order valence-corrected chi connectivity index (χ4v) is 3.21. The Bertz CT molecular complexity index is 1110. The first-order valence-electron chi connectivity index (χ1n) is 9.43. The molecule has 0 saturated carbocycles. The van der Waals surface area contributed by atoms with Crippen molar-refractivity contribution in [3.63, 3.8) is 0 Å². The Balaban J connectivity index is 1.32. The molecule has 0 spiro atoms. The number of aryl methyl sites for hydroxylation is 1.